The molecule has 1 saturated heterocycles. The number of β-amino-alcohol motifs (C(OH)–C–C–N with tert-alkyl or cyclic N) is 1. The fourth-order valence-electron chi connectivity index (χ4n) is 2.06. The van der Waals surface area contributed by atoms with Crippen molar-refractivity contribution >= 4 is 11.7 Å². The lowest BCUT2D eigenvalue weighted by atomic mass is 10.1. The molecule has 1 aromatic rings. The predicted molar refractivity (Wildman–Crippen MR) is 61.0 cm³/mol. The molecule has 4 nitrogen and oxygen atoms in total. The van der Waals surface area contributed by atoms with Crippen molar-refractivity contribution in [1.82, 2.24) is 0 Å². The highest BCUT2D eigenvalue weighted by Gasteiger charge is 2.24. The number of carboxylic acids is 1. The van der Waals surface area contributed by atoms with E-state index < -0.39 is 5.97 Å². The number of aliphatic hydroxyl groups is 1. The van der Waals surface area contributed by atoms with E-state index in [9.17, 15) is 9.90 Å². The molecule has 0 bridgehead atoms. The molecule has 1 atom stereocenters. The summed E-state index contributed by atoms with van der Waals surface area (Å²) in [5.74, 6) is -0.917. The average molecular weight is 221 g/mol. The van der Waals surface area contributed by atoms with Gasteiger partial charge in [0.15, 0.2) is 0 Å². The Bertz CT molecular complexity index is 417. The van der Waals surface area contributed by atoms with Crippen LogP contribution in [0.1, 0.15) is 22.3 Å². The number of hydrogen-bond acceptors (Lipinski definition) is 3. The third-order valence-corrected chi connectivity index (χ3v) is 2.89. The van der Waals surface area contributed by atoms with Gasteiger partial charge in [-0.15, -0.1) is 0 Å². The van der Waals surface area contributed by atoms with Crippen molar-refractivity contribution in [1.29, 1.82) is 0 Å². The summed E-state index contributed by atoms with van der Waals surface area (Å²) in [5.41, 5.74) is 1.95. The van der Waals surface area contributed by atoms with Crippen molar-refractivity contribution in [3.05, 3.63) is 29.3 Å². The Morgan fingerprint density at radius 3 is 2.81 bits per heavy atom. The third kappa shape index (κ3) is 2.02. The Kier molecular flexibility index (Phi) is 2.83. The van der Waals surface area contributed by atoms with Gasteiger partial charge in [0.25, 0.3) is 0 Å². The van der Waals surface area contributed by atoms with Crippen molar-refractivity contribution < 1.29 is 15.0 Å². The van der Waals surface area contributed by atoms with Gasteiger partial charge in [-0.2, -0.15) is 0 Å². The topological polar surface area (TPSA) is 60.8 Å². The number of carbonyl (C=O) groups is 1. The molecule has 1 unspecified atom stereocenters. The van der Waals surface area contributed by atoms with Crippen LogP contribution in [0.2, 0.25) is 0 Å². The molecule has 0 amide bonds. The molecule has 2 N–H and O–H groups in total. The van der Waals surface area contributed by atoms with Gasteiger partial charge in [-0.05, 0) is 25.5 Å². The Balaban J connectivity index is 2.36. The van der Waals surface area contributed by atoms with Crippen molar-refractivity contribution in [3.63, 3.8) is 0 Å². The Hall–Kier alpha value is -1.55. The van der Waals surface area contributed by atoms with Crippen LogP contribution >= 0.6 is 0 Å². The summed E-state index contributed by atoms with van der Waals surface area (Å²) >= 11 is 0. The molecule has 16 heavy (non-hydrogen) atoms. The first kappa shape index (κ1) is 11.0. The van der Waals surface area contributed by atoms with Crippen LogP contribution in [0.15, 0.2) is 18.2 Å². The maximum absolute atomic E-state index is 11.1. The summed E-state index contributed by atoms with van der Waals surface area (Å²) in [6.07, 6.45) is 0.357. The Labute approximate surface area is 94.1 Å². The van der Waals surface area contributed by atoms with E-state index in [0.29, 0.717) is 30.8 Å². The number of aryl methyl sites for hydroxylation is 1. The molecule has 86 valence electrons. The van der Waals surface area contributed by atoms with E-state index >= 15 is 0 Å². The monoisotopic (exact) mass is 221 g/mol. The predicted octanol–water partition coefficient (Wildman–Crippen LogP) is 1.26. The molecule has 4 heteroatoms. The summed E-state index contributed by atoms with van der Waals surface area (Å²) in [6, 6.07) is 5.38. The number of hydrogen-bond donors (Lipinski definition) is 2. The lowest BCUT2D eigenvalue weighted by Crippen LogP contribution is -2.23. The average Bonchev–Trinajstić information content (AvgIpc) is 2.64. The molecule has 0 saturated carbocycles. The fraction of sp³-hybridized carbons (Fsp3) is 0.417. The lowest BCUT2D eigenvalue weighted by Gasteiger charge is -2.20. The van der Waals surface area contributed by atoms with Gasteiger partial charge in [0.2, 0.25) is 0 Å². The number of rotatable bonds is 2. The second-order valence-electron chi connectivity index (χ2n) is 4.21. The van der Waals surface area contributed by atoms with E-state index in [1.54, 1.807) is 6.07 Å². The molecule has 1 aliphatic heterocycles. The van der Waals surface area contributed by atoms with Crippen molar-refractivity contribution in [2.24, 2.45) is 0 Å². The molecule has 2 rings (SSSR count). The standard InChI is InChI=1S/C12H15NO3/c1-8-2-3-11(10(6-8)12(15)16)13-5-4-9(14)7-13/h2-3,6,9,14H,4-5,7H2,1H3,(H,15,16). The van der Waals surface area contributed by atoms with E-state index in [1.807, 2.05) is 24.0 Å². The number of benzene rings is 1. The highest BCUT2D eigenvalue weighted by molar-refractivity contribution is 5.94. The van der Waals surface area contributed by atoms with Crippen LogP contribution in [-0.2, 0) is 0 Å². The van der Waals surface area contributed by atoms with E-state index in [0.717, 1.165) is 5.56 Å². The van der Waals surface area contributed by atoms with Crippen LogP contribution < -0.4 is 4.90 Å². The summed E-state index contributed by atoms with van der Waals surface area (Å²) in [7, 11) is 0. The minimum Gasteiger partial charge on any atom is -0.478 e. The smallest absolute Gasteiger partial charge is 0.337 e. The van der Waals surface area contributed by atoms with E-state index in [4.69, 9.17) is 5.11 Å². The van der Waals surface area contributed by atoms with Gasteiger partial charge in [0.05, 0.1) is 17.4 Å². The van der Waals surface area contributed by atoms with E-state index in [1.165, 1.54) is 0 Å². The minimum absolute atomic E-state index is 0.314. The van der Waals surface area contributed by atoms with Crippen LogP contribution in [0.25, 0.3) is 0 Å². The quantitative estimate of drug-likeness (QED) is 0.789. The van der Waals surface area contributed by atoms with Crippen molar-refractivity contribution in [2.45, 2.75) is 19.4 Å². The fourth-order valence-corrected chi connectivity index (χ4v) is 2.06. The summed E-state index contributed by atoms with van der Waals surface area (Å²) in [4.78, 5) is 13.0. The molecule has 1 aromatic carbocycles. The largest absolute Gasteiger partial charge is 0.478 e. The molecule has 1 heterocycles. The maximum atomic E-state index is 11.1. The van der Waals surface area contributed by atoms with Gasteiger partial charge in [0, 0.05) is 13.1 Å². The van der Waals surface area contributed by atoms with E-state index in [-0.39, 0.29) is 6.10 Å². The van der Waals surface area contributed by atoms with Gasteiger partial charge < -0.3 is 15.1 Å². The second-order valence-corrected chi connectivity index (χ2v) is 4.21. The molecule has 1 fully saturated rings. The highest BCUT2D eigenvalue weighted by Crippen LogP contribution is 2.25. The van der Waals surface area contributed by atoms with Crippen LogP contribution in [-0.4, -0.2) is 35.4 Å². The Morgan fingerprint density at radius 1 is 1.50 bits per heavy atom. The van der Waals surface area contributed by atoms with Gasteiger partial charge in [-0.25, -0.2) is 4.79 Å². The van der Waals surface area contributed by atoms with Gasteiger partial charge in [-0.1, -0.05) is 11.6 Å². The number of aromatic carboxylic acids is 1. The highest BCUT2D eigenvalue weighted by atomic mass is 16.4. The number of anilines is 1. The first-order valence-electron chi connectivity index (χ1n) is 5.35. The zero-order valence-corrected chi connectivity index (χ0v) is 9.18. The second kappa shape index (κ2) is 4.14. The van der Waals surface area contributed by atoms with Crippen LogP contribution in [0, 0.1) is 6.92 Å². The van der Waals surface area contributed by atoms with Crippen molar-refractivity contribution in [2.75, 3.05) is 18.0 Å². The SMILES string of the molecule is Cc1ccc(N2CCC(O)C2)c(C(=O)O)c1. The molecule has 1 aliphatic rings. The zero-order chi connectivity index (χ0) is 11.7. The van der Waals surface area contributed by atoms with Crippen molar-refractivity contribution in [3.8, 4) is 0 Å². The maximum Gasteiger partial charge on any atom is 0.337 e. The lowest BCUT2D eigenvalue weighted by molar-refractivity contribution is 0.0697. The number of aliphatic hydroxyl groups excluding tert-OH is 1. The summed E-state index contributed by atoms with van der Waals surface area (Å²) in [6.45, 7) is 3.10. The molecule has 0 radical (unpaired) electrons. The van der Waals surface area contributed by atoms with Crippen LogP contribution in [0.3, 0.4) is 0 Å². The normalized spacial score (nSPS) is 20.1. The van der Waals surface area contributed by atoms with Crippen LogP contribution in [0.5, 0.6) is 0 Å². The summed E-state index contributed by atoms with van der Waals surface area (Å²) in [5, 5.41) is 18.6. The first-order chi connectivity index (χ1) is 7.58. The third-order valence-electron chi connectivity index (χ3n) is 2.89. The molecule has 0 aromatic heterocycles. The van der Waals surface area contributed by atoms with E-state index in [2.05, 4.69) is 0 Å². The Morgan fingerprint density at radius 2 is 2.25 bits per heavy atom. The zero-order valence-electron chi connectivity index (χ0n) is 9.18. The number of nitrogens with zero attached hydrogens (tertiary/aromatic N) is 1. The minimum atomic E-state index is -0.917. The molecular weight excluding hydrogens is 206 g/mol. The number of carboxylic acid groups (broad SMARTS) is 1. The first-order valence-corrected chi connectivity index (χ1v) is 5.35. The van der Waals surface area contributed by atoms with Gasteiger partial charge in [-0.3, -0.25) is 0 Å². The van der Waals surface area contributed by atoms with Gasteiger partial charge in [0.1, 0.15) is 0 Å². The molecular formula is C12H15NO3. The van der Waals surface area contributed by atoms with Gasteiger partial charge >= 0.3 is 5.97 Å². The summed E-state index contributed by atoms with van der Waals surface area (Å²) < 4.78 is 0. The van der Waals surface area contributed by atoms with Crippen LogP contribution in [0.4, 0.5) is 5.69 Å². The molecule has 0 aliphatic carbocycles. The molecule has 0 spiro atoms.